The SMILES string of the molecule is Cc1c(C(=O)NN2CCC(O)CC2)nn(-c2ccc(Cl)cc2Cl)c1-c1ccc(Cl)s1. The summed E-state index contributed by atoms with van der Waals surface area (Å²) >= 11 is 20.1. The van der Waals surface area contributed by atoms with Gasteiger partial charge in [0.25, 0.3) is 5.91 Å². The molecule has 30 heavy (non-hydrogen) atoms. The largest absolute Gasteiger partial charge is 0.393 e. The highest BCUT2D eigenvalue weighted by Crippen LogP contribution is 2.37. The number of piperidine rings is 1. The number of amides is 1. The fourth-order valence-corrected chi connectivity index (χ4v) is 5.06. The molecule has 2 aromatic heterocycles. The summed E-state index contributed by atoms with van der Waals surface area (Å²) in [5.41, 5.74) is 5.27. The van der Waals surface area contributed by atoms with E-state index in [1.807, 2.05) is 18.0 Å². The second-order valence-electron chi connectivity index (χ2n) is 7.09. The van der Waals surface area contributed by atoms with E-state index in [9.17, 15) is 9.90 Å². The van der Waals surface area contributed by atoms with Gasteiger partial charge in [0.2, 0.25) is 0 Å². The molecule has 1 fully saturated rings. The molecule has 0 atom stereocenters. The van der Waals surface area contributed by atoms with Gasteiger partial charge in [-0.15, -0.1) is 11.3 Å². The minimum absolute atomic E-state index is 0.298. The van der Waals surface area contributed by atoms with Crippen molar-refractivity contribution in [1.82, 2.24) is 20.2 Å². The summed E-state index contributed by atoms with van der Waals surface area (Å²) in [5, 5.41) is 17.0. The number of nitrogens with one attached hydrogen (secondary N) is 1. The zero-order valence-corrected chi connectivity index (χ0v) is 19.1. The number of nitrogens with zero attached hydrogens (tertiary/aromatic N) is 3. The van der Waals surface area contributed by atoms with E-state index in [0.29, 0.717) is 57.3 Å². The first-order valence-electron chi connectivity index (χ1n) is 9.38. The minimum Gasteiger partial charge on any atom is -0.393 e. The van der Waals surface area contributed by atoms with E-state index < -0.39 is 0 Å². The molecule has 0 radical (unpaired) electrons. The number of hydrazine groups is 1. The number of hydrogen-bond donors (Lipinski definition) is 2. The molecule has 0 spiro atoms. The number of aliphatic hydroxyl groups excluding tert-OH is 1. The van der Waals surface area contributed by atoms with E-state index >= 15 is 0 Å². The Labute approximate surface area is 192 Å². The van der Waals surface area contributed by atoms with Crippen LogP contribution in [0.3, 0.4) is 0 Å². The fourth-order valence-electron chi connectivity index (χ4n) is 3.44. The summed E-state index contributed by atoms with van der Waals surface area (Å²) in [6, 6.07) is 8.83. The molecule has 4 rings (SSSR count). The van der Waals surface area contributed by atoms with Crippen LogP contribution in [0.4, 0.5) is 0 Å². The molecular weight excluding hydrogens is 467 g/mol. The van der Waals surface area contributed by atoms with Gasteiger partial charge in [-0.2, -0.15) is 5.10 Å². The molecule has 1 amide bonds. The van der Waals surface area contributed by atoms with Crippen molar-refractivity contribution in [2.24, 2.45) is 0 Å². The van der Waals surface area contributed by atoms with Crippen LogP contribution in [0.25, 0.3) is 16.3 Å². The van der Waals surface area contributed by atoms with Crippen LogP contribution in [0.1, 0.15) is 28.9 Å². The van der Waals surface area contributed by atoms with E-state index in [1.54, 1.807) is 28.9 Å². The highest BCUT2D eigenvalue weighted by atomic mass is 35.5. The second-order valence-corrected chi connectivity index (χ2v) is 9.65. The molecule has 3 aromatic rings. The maximum atomic E-state index is 13.0. The molecule has 1 saturated heterocycles. The van der Waals surface area contributed by atoms with Crippen LogP contribution in [0.15, 0.2) is 30.3 Å². The van der Waals surface area contributed by atoms with Crippen molar-refractivity contribution in [3.8, 4) is 16.3 Å². The number of benzene rings is 1. The molecule has 6 nitrogen and oxygen atoms in total. The highest BCUT2D eigenvalue weighted by Gasteiger charge is 2.26. The maximum absolute atomic E-state index is 13.0. The maximum Gasteiger partial charge on any atom is 0.286 e. The summed E-state index contributed by atoms with van der Waals surface area (Å²) in [4.78, 5) is 13.9. The molecule has 10 heteroatoms. The average Bonchev–Trinajstić information content (AvgIpc) is 3.26. The monoisotopic (exact) mass is 484 g/mol. The van der Waals surface area contributed by atoms with Crippen LogP contribution in [-0.2, 0) is 0 Å². The molecule has 1 aromatic carbocycles. The lowest BCUT2D eigenvalue weighted by molar-refractivity contribution is 0.0463. The highest BCUT2D eigenvalue weighted by molar-refractivity contribution is 7.19. The summed E-state index contributed by atoms with van der Waals surface area (Å²) in [6.07, 6.45) is 0.918. The lowest BCUT2D eigenvalue weighted by atomic mass is 10.1. The predicted molar refractivity (Wildman–Crippen MR) is 121 cm³/mol. The Morgan fingerprint density at radius 3 is 2.57 bits per heavy atom. The molecule has 0 saturated carbocycles. The van der Waals surface area contributed by atoms with Gasteiger partial charge in [-0.05, 0) is 50.1 Å². The summed E-state index contributed by atoms with van der Waals surface area (Å²) in [5.74, 6) is -0.309. The molecule has 0 bridgehead atoms. The quantitative estimate of drug-likeness (QED) is 0.547. The van der Waals surface area contributed by atoms with E-state index in [0.717, 1.165) is 10.6 Å². The Balaban J connectivity index is 1.75. The fraction of sp³-hybridized carbons (Fsp3) is 0.300. The smallest absolute Gasteiger partial charge is 0.286 e. The number of aromatic nitrogens is 2. The third-order valence-corrected chi connectivity index (χ3v) is 6.78. The van der Waals surface area contributed by atoms with Crippen molar-refractivity contribution in [2.45, 2.75) is 25.9 Å². The van der Waals surface area contributed by atoms with Crippen molar-refractivity contribution in [1.29, 1.82) is 0 Å². The van der Waals surface area contributed by atoms with Gasteiger partial charge in [0, 0.05) is 23.7 Å². The number of carbonyl (C=O) groups is 1. The zero-order chi connectivity index (χ0) is 21.4. The molecule has 0 unspecified atom stereocenters. The molecule has 0 aliphatic carbocycles. The number of aliphatic hydroxyl groups is 1. The van der Waals surface area contributed by atoms with Crippen LogP contribution in [-0.4, -0.2) is 45.0 Å². The van der Waals surface area contributed by atoms with Gasteiger partial charge in [-0.25, -0.2) is 9.69 Å². The van der Waals surface area contributed by atoms with Crippen molar-refractivity contribution >= 4 is 52.0 Å². The number of thiophene rings is 1. The summed E-state index contributed by atoms with van der Waals surface area (Å²) in [7, 11) is 0. The number of hydrogen-bond acceptors (Lipinski definition) is 5. The van der Waals surface area contributed by atoms with Gasteiger partial charge >= 0.3 is 0 Å². The zero-order valence-electron chi connectivity index (χ0n) is 16.0. The average molecular weight is 486 g/mol. The summed E-state index contributed by atoms with van der Waals surface area (Å²) < 4.78 is 2.29. The second kappa shape index (κ2) is 8.86. The Kier molecular flexibility index (Phi) is 6.39. The standard InChI is InChI=1S/C20H19Cl3N4O2S/c1-11-18(20(29)25-26-8-6-13(28)7-9-26)24-27(15-3-2-12(21)10-14(15)22)19(11)16-4-5-17(23)30-16/h2-5,10,13,28H,6-9H2,1H3,(H,25,29). The Bertz CT molecular complexity index is 1090. The first-order valence-corrected chi connectivity index (χ1v) is 11.3. The van der Waals surface area contributed by atoms with Crippen LogP contribution in [0.2, 0.25) is 14.4 Å². The van der Waals surface area contributed by atoms with Gasteiger partial charge in [0.05, 0.1) is 31.7 Å². The molecule has 1 aliphatic heterocycles. The Hall–Kier alpha value is -1.61. The van der Waals surface area contributed by atoms with Crippen LogP contribution in [0, 0.1) is 6.92 Å². The van der Waals surface area contributed by atoms with Gasteiger partial charge in [0.15, 0.2) is 5.69 Å². The number of carbonyl (C=O) groups excluding carboxylic acids is 1. The van der Waals surface area contributed by atoms with Gasteiger partial charge in [-0.1, -0.05) is 34.8 Å². The third-order valence-electron chi connectivity index (χ3n) is 5.01. The third kappa shape index (κ3) is 4.37. The van der Waals surface area contributed by atoms with Crippen LogP contribution < -0.4 is 5.43 Å². The van der Waals surface area contributed by atoms with E-state index in [1.165, 1.54) is 11.3 Å². The van der Waals surface area contributed by atoms with Gasteiger partial charge in [0.1, 0.15) is 0 Å². The van der Waals surface area contributed by atoms with Crippen LogP contribution >= 0.6 is 46.1 Å². The lowest BCUT2D eigenvalue weighted by Crippen LogP contribution is -2.47. The van der Waals surface area contributed by atoms with Crippen LogP contribution in [0.5, 0.6) is 0 Å². The minimum atomic E-state index is -0.318. The van der Waals surface area contributed by atoms with Gasteiger partial charge < -0.3 is 5.11 Å². The molecule has 158 valence electrons. The Morgan fingerprint density at radius 2 is 1.93 bits per heavy atom. The van der Waals surface area contributed by atoms with E-state index in [-0.39, 0.29) is 12.0 Å². The van der Waals surface area contributed by atoms with Crippen molar-refractivity contribution in [3.63, 3.8) is 0 Å². The normalized spacial score (nSPS) is 15.5. The first kappa shape index (κ1) is 21.6. The molecular formula is C20H19Cl3N4O2S. The van der Waals surface area contributed by atoms with E-state index in [4.69, 9.17) is 34.8 Å². The van der Waals surface area contributed by atoms with Crippen molar-refractivity contribution < 1.29 is 9.90 Å². The van der Waals surface area contributed by atoms with E-state index in [2.05, 4.69) is 10.5 Å². The molecule has 3 heterocycles. The lowest BCUT2D eigenvalue weighted by Gasteiger charge is -2.29. The van der Waals surface area contributed by atoms with Crippen molar-refractivity contribution in [3.05, 3.63) is 56.0 Å². The number of rotatable bonds is 4. The Morgan fingerprint density at radius 1 is 1.20 bits per heavy atom. The first-order chi connectivity index (χ1) is 14.3. The summed E-state index contributed by atoms with van der Waals surface area (Å²) in [6.45, 7) is 3.03. The van der Waals surface area contributed by atoms with Crippen molar-refractivity contribution in [2.75, 3.05) is 13.1 Å². The molecule has 1 aliphatic rings. The topological polar surface area (TPSA) is 70.4 Å². The predicted octanol–water partition coefficient (Wildman–Crippen LogP) is 4.97. The van der Waals surface area contributed by atoms with Gasteiger partial charge in [-0.3, -0.25) is 10.2 Å². The number of halogens is 3. The molecule has 2 N–H and O–H groups in total.